The highest BCUT2D eigenvalue weighted by atomic mass is 32.1. The number of aryl methyl sites for hydroxylation is 2. The van der Waals surface area contributed by atoms with Crippen molar-refractivity contribution in [3.63, 3.8) is 0 Å². The second kappa shape index (κ2) is 4.96. The van der Waals surface area contributed by atoms with Gasteiger partial charge in [-0.25, -0.2) is 0 Å². The molecule has 4 nitrogen and oxygen atoms in total. The van der Waals surface area contributed by atoms with Crippen molar-refractivity contribution >= 4 is 23.2 Å². The highest BCUT2D eigenvalue weighted by Crippen LogP contribution is 2.25. The van der Waals surface area contributed by atoms with Crippen LogP contribution in [0.1, 0.15) is 35.6 Å². The number of piperazine rings is 1. The maximum absolute atomic E-state index is 12.4. The van der Waals surface area contributed by atoms with Crippen molar-refractivity contribution in [1.82, 2.24) is 10.2 Å². The Morgan fingerprint density at radius 1 is 1.42 bits per heavy atom. The summed E-state index contributed by atoms with van der Waals surface area (Å²) in [6.45, 7) is 8.54. The van der Waals surface area contributed by atoms with Gasteiger partial charge in [0.1, 0.15) is 12.1 Å². The Balaban J connectivity index is 2.19. The summed E-state index contributed by atoms with van der Waals surface area (Å²) in [5.41, 5.74) is 0.489. The van der Waals surface area contributed by atoms with Crippen LogP contribution in [0.5, 0.6) is 0 Å². The van der Waals surface area contributed by atoms with Crippen LogP contribution in [0.3, 0.4) is 0 Å². The minimum Gasteiger partial charge on any atom is -0.340 e. The summed E-state index contributed by atoms with van der Waals surface area (Å²) < 4.78 is 0. The van der Waals surface area contributed by atoms with E-state index in [4.69, 9.17) is 0 Å². The molecule has 2 amide bonds. The summed E-state index contributed by atoms with van der Waals surface area (Å²) >= 11 is 1.69. The summed E-state index contributed by atoms with van der Waals surface area (Å²) in [5, 5.41) is 2.80. The number of amides is 2. The molecule has 1 aromatic rings. The number of hydrogen-bond donors (Lipinski definition) is 1. The van der Waals surface area contributed by atoms with Gasteiger partial charge >= 0.3 is 0 Å². The van der Waals surface area contributed by atoms with Crippen LogP contribution in [0.4, 0.5) is 0 Å². The van der Waals surface area contributed by atoms with Gasteiger partial charge in [0, 0.05) is 9.75 Å². The van der Waals surface area contributed by atoms with Crippen LogP contribution in [0, 0.1) is 13.8 Å². The Morgan fingerprint density at radius 3 is 2.63 bits per heavy atom. The second-order valence-electron chi connectivity index (χ2n) is 5.35. The van der Waals surface area contributed by atoms with E-state index in [9.17, 15) is 9.59 Å². The lowest BCUT2D eigenvalue weighted by Crippen LogP contribution is -2.64. The molecule has 0 aromatic carbocycles. The fourth-order valence-corrected chi connectivity index (χ4v) is 3.35. The fraction of sp³-hybridized carbons (Fsp3) is 0.571. The van der Waals surface area contributed by atoms with Crippen molar-refractivity contribution in [2.45, 2.75) is 46.2 Å². The highest BCUT2D eigenvalue weighted by Gasteiger charge is 2.41. The summed E-state index contributed by atoms with van der Waals surface area (Å²) in [6, 6.07) is 2.10. The van der Waals surface area contributed by atoms with Crippen molar-refractivity contribution in [2.75, 3.05) is 6.54 Å². The third kappa shape index (κ3) is 2.66. The van der Waals surface area contributed by atoms with Gasteiger partial charge < -0.3 is 10.2 Å². The maximum atomic E-state index is 12.4. The molecule has 1 aromatic heterocycles. The molecule has 5 heteroatoms. The summed E-state index contributed by atoms with van der Waals surface area (Å²) in [6.07, 6.45) is 0.608. The van der Waals surface area contributed by atoms with E-state index in [2.05, 4.69) is 25.2 Å². The average molecular weight is 280 g/mol. The van der Waals surface area contributed by atoms with Gasteiger partial charge in [-0.15, -0.1) is 11.3 Å². The topological polar surface area (TPSA) is 49.4 Å². The predicted octanol–water partition coefficient (Wildman–Crippen LogP) is 1.99. The number of hydrogen-bond acceptors (Lipinski definition) is 3. The molecular formula is C14H20N2O2S. The number of carbonyl (C=O) groups is 2. The van der Waals surface area contributed by atoms with Crippen molar-refractivity contribution in [3.05, 3.63) is 21.4 Å². The molecular weight excluding hydrogens is 260 g/mol. The molecule has 1 aliphatic heterocycles. The maximum Gasteiger partial charge on any atom is 0.248 e. The van der Waals surface area contributed by atoms with Crippen LogP contribution >= 0.6 is 11.3 Å². The van der Waals surface area contributed by atoms with Crippen molar-refractivity contribution < 1.29 is 9.59 Å². The molecule has 0 saturated carbocycles. The Bertz CT molecular complexity index is 504. The number of carbonyl (C=O) groups excluding carboxylic acids is 2. The van der Waals surface area contributed by atoms with Gasteiger partial charge in [-0.05, 0) is 38.8 Å². The molecule has 0 aliphatic carbocycles. The third-order valence-electron chi connectivity index (χ3n) is 3.78. The van der Waals surface area contributed by atoms with E-state index in [0.29, 0.717) is 13.0 Å². The van der Waals surface area contributed by atoms with Crippen LogP contribution in [0.15, 0.2) is 6.07 Å². The van der Waals surface area contributed by atoms with Gasteiger partial charge in [0.2, 0.25) is 11.8 Å². The second-order valence-corrected chi connectivity index (χ2v) is 6.69. The Morgan fingerprint density at radius 2 is 2.11 bits per heavy atom. The normalized spacial score (nSPS) is 23.7. The number of rotatable bonds is 3. The molecule has 2 rings (SSSR count). The van der Waals surface area contributed by atoms with Gasteiger partial charge in [0.05, 0.1) is 6.54 Å². The van der Waals surface area contributed by atoms with Gasteiger partial charge in [0.25, 0.3) is 0 Å². The largest absolute Gasteiger partial charge is 0.340 e. The molecule has 2 heterocycles. The van der Waals surface area contributed by atoms with Crippen LogP contribution in [-0.4, -0.2) is 28.8 Å². The van der Waals surface area contributed by atoms with Gasteiger partial charge in [-0.1, -0.05) is 6.92 Å². The average Bonchev–Trinajstić information content (AvgIpc) is 2.65. The van der Waals surface area contributed by atoms with Crippen LogP contribution in [-0.2, 0) is 16.1 Å². The quantitative estimate of drug-likeness (QED) is 0.920. The van der Waals surface area contributed by atoms with Gasteiger partial charge in [-0.3, -0.25) is 9.59 Å². The summed E-state index contributed by atoms with van der Waals surface area (Å²) in [7, 11) is 0. The lowest BCUT2D eigenvalue weighted by molar-refractivity contribution is -0.149. The van der Waals surface area contributed by atoms with E-state index in [1.54, 1.807) is 23.2 Å². The Labute approximate surface area is 117 Å². The van der Waals surface area contributed by atoms with E-state index in [-0.39, 0.29) is 18.4 Å². The molecule has 19 heavy (non-hydrogen) atoms. The van der Waals surface area contributed by atoms with Crippen molar-refractivity contribution in [1.29, 1.82) is 0 Å². The molecule has 1 aliphatic rings. The van der Waals surface area contributed by atoms with E-state index in [1.807, 2.05) is 6.92 Å². The molecule has 0 spiro atoms. The third-order valence-corrected chi connectivity index (χ3v) is 4.92. The SMILES string of the molecule is CCC1(C)NC(=O)CN(Cc2cc(C)c(C)s2)C1=O. The molecule has 1 saturated heterocycles. The van der Waals surface area contributed by atoms with E-state index < -0.39 is 5.54 Å². The fourth-order valence-electron chi connectivity index (χ4n) is 2.28. The molecule has 1 unspecified atom stereocenters. The first-order valence-electron chi connectivity index (χ1n) is 6.52. The van der Waals surface area contributed by atoms with Gasteiger partial charge in [0.15, 0.2) is 0 Å². The summed E-state index contributed by atoms with van der Waals surface area (Å²) in [4.78, 5) is 28.3. The minimum absolute atomic E-state index is 0.0123. The molecule has 1 atom stereocenters. The number of thiophene rings is 1. The number of nitrogens with zero attached hydrogens (tertiary/aromatic N) is 1. The standard InChI is InChI=1S/C14H20N2O2S/c1-5-14(4)13(18)16(8-12(17)15-14)7-11-6-9(2)10(3)19-11/h6H,5,7-8H2,1-4H3,(H,15,17). The zero-order valence-electron chi connectivity index (χ0n) is 11.9. The van der Waals surface area contributed by atoms with Crippen molar-refractivity contribution in [2.24, 2.45) is 0 Å². The van der Waals surface area contributed by atoms with Crippen LogP contribution < -0.4 is 5.32 Å². The molecule has 104 valence electrons. The summed E-state index contributed by atoms with van der Waals surface area (Å²) in [5.74, 6) is -0.0627. The first kappa shape index (κ1) is 14.1. The van der Waals surface area contributed by atoms with E-state index in [0.717, 1.165) is 4.88 Å². The molecule has 1 N–H and O–H groups in total. The predicted molar refractivity (Wildman–Crippen MR) is 76.0 cm³/mol. The monoisotopic (exact) mass is 280 g/mol. The zero-order valence-corrected chi connectivity index (χ0v) is 12.7. The molecule has 0 bridgehead atoms. The van der Waals surface area contributed by atoms with Crippen LogP contribution in [0.25, 0.3) is 0 Å². The Hall–Kier alpha value is -1.36. The molecule has 0 radical (unpaired) electrons. The van der Waals surface area contributed by atoms with E-state index in [1.165, 1.54) is 10.4 Å². The first-order chi connectivity index (χ1) is 8.85. The smallest absolute Gasteiger partial charge is 0.248 e. The van der Waals surface area contributed by atoms with Gasteiger partial charge in [-0.2, -0.15) is 0 Å². The van der Waals surface area contributed by atoms with Crippen molar-refractivity contribution in [3.8, 4) is 0 Å². The highest BCUT2D eigenvalue weighted by molar-refractivity contribution is 7.12. The Kier molecular flexibility index (Phi) is 3.67. The van der Waals surface area contributed by atoms with Crippen LogP contribution in [0.2, 0.25) is 0 Å². The lowest BCUT2D eigenvalue weighted by atomic mass is 9.94. The molecule has 1 fully saturated rings. The first-order valence-corrected chi connectivity index (χ1v) is 7.33. The van der Waals surface area contributed by atoms with E-state index >= 15 is 0 Å². The minimum atomic E-state index is -0.753. The zero-order chi connectivity index (χ0) is 14.2. The lowest BCUT2D eigenvalue weighted by Gasteiger charge is -2.39. The number of nitrogens with one attached hydrogen (secondary N) is 1.